The molecule has 0 aliphatic heterocycles. The van der Waals surface area contributed by atoms with Crippen molar-refractivity contribution in [2.24, 2.45) is 0 Å². The summed E-state index contributed by atoms with van der Waals surface area (Å²) in [6.45, 7) is -0.237. The van der Waals surface area contributed by atoms with Gasteiger partial charge in [0, 0.05) is 4.88 Å². The fraction of sp³-hybridized carbons (Fsp3) is 0.0909. The first kappa shape index (κ1) is 14.4. The van der Waals surface area contributed by atoms with Crippen LogP contribution in [0.3, 0.4) is 0 Å². The molecule has 4 nitrogen and oxygen atoms in total. The topological polar surface area (TPSA) is 66.4 Å². The summed E-state index contributed by atoms with van der Waals surface area (Å²) in [6, 6.07) is 6.55. The lowest BCUT2D eigenvalue weighted by molar-refractivity contribution is 0.285. The Morgan fingerprint density at radius 2 is 2.11 bits per heavy atom. The van der Waals surface area contributed by atoms with Gasteiger partial charge in [0.2, 0.25) is 0 Å². The van der Waals surface area contributed by atoms with Gasteiger partial charge in [0.1, 0.15) is 10.7 Å². The first-order valence-corrected chi connectivity index (χ1v) is 8.19. The molecule has 0 amide bonds. The summed E-state index contributed by atoms with van der Waals surface area (Å²) >= 11 is 4.26. The van der Waals surface area contributed by atoms with Crippen molar-refractivity contribution >= 4 is 43.0 Å². The van der Waals surface area contributed by atoms with Gasteiger partial charge in [0.15, 0.2) is 0 Å². The van der Waals surface area contributed by atoms with Crippen molar-refractivity contribution in [2.45, 2.75) is 11.5 Å². The smallest absolute Gasteiger partial charge is 0.263 e. The number of aliphatic hydroxyl groups excluding tert-OH is 1. The van der Waals surface area contributed by atoms with Gasteiger partial charge in [0.05, 0.1) is 16.1 Å². The van der Waals surface area contributed by atoms with Crippen molar-refractivity contribution < 1.29 is 17.9 Å². The fourth-order valence-electron chi connectivity index (χ4n) is 1.42. The van der Waals surface area contributed by atoms with E-state index in [0.717, 1.165) is 17.4 Å². The number of anilines is 1. The third kappa shape index (κ3) is 3.33. The van der Waals surface area contributed by atoms with Gasteiger partial charge >= 0.3 is 0 Å². The molecule has 0 saturated carbocycles. The van der Waals surface area contributed by atoms with E-state index < -0.39 is 15.8 Å². The zero-order valence-electron chi connectivity index (χ0n) is 9.43. The maximum Gasteiger partial charge on any atom is 0.263 e. The van der Waals surface area contributed by atoms with Crippen LogP contribution in [-0.2, 0) is 16.6 Å². The van der Waals surface area contributed by atoms with Gasteiger partial charge in [-0.3, -0.25) is 4.72 Å². The molecule has 1 aromatic carbocycles. The molecule has 1 heterocycles. The Balaban J connectivity index is 2.34. The Hall–Kier alpha value is -0.960. The number of rotatable bonds is 4. The molecule has 0 aliphatic rings. The second kappa shape index (κ2) is 5.58. The number of aliphatic hydroxyl groups is 1. The van der Waals surface area contributed by atoms with E-state index in [2.05, 4.69) is 20.7 Å². The van der Waals surface area contributed by atoms with Gasteiger partial charge in [-0.2, -0.15) is 0 Å². The molecule has 0 aliphatic carbocycles. The molecule has 0 fully saturated rings. The van der Waals surface area contributed by atoms with Crippen molar-refractivity contribution in [2.75, 3.05) is 4.72 Å². The van der Waals surface area contributed by atoms with Gasteiger partial charge in [0.25, 0.3) is 10.0 Å². The van der Waals surface area contributed by atoms with Crippen molar-refractivity contribution in [3.05, 3.63) is 44.8 Å². The minimum Gasteiger partial charge on any atom is -0.391 e. The Kier molecular flexibility index (Phi) is 4.24. The summed E-state index contributed by atoms with van der Waals surface area (Å²) in [4.78, 5) is 0.539. The van der Waals surface area contributed by atoms with Crippen LogP contribution >= 0.6 is 27.3 Å². The largest absolute Gasteiger partial charge is 0.391 e. The molecule has 2 N–H and O–H groups in total. The Labute approximate surface area is 122 Å². The highest BCUT2D eigenvalue weighted by Gasteiger charge is 2.21. The summed E-state index contributed by atoms with van der Waals surface area (Å²) in [7, 11) is -3.81. The van der Waals surface area contributed by atoms with E-state index in [9.17, 15) is 12.8 Å². The maximum absolute atomic E-state index is 13.0. The number of halogens is 2. The number of thiophene rings is 1. The minimum absolute atomic E-state index is 0.0193. The molecule has 2 rings (SSSR count). The highest BCUT2D eigenvalue weighted by molar-refractivity contribution is 9.11. The molecular formula is C11H9BrFNO3S2. The van der Waals surface area contributed by atoms with E-state index >= 15 is 0 Å². The molecular weight excluding hydrogens is 357 g/mol. The maximum atomic E-state index is 13.0. The van der Waals surface area contributed by atoms with Gasteiger partial charge in [-0.05, 0) is 40.2 Å². The number of hydrogen-bond donors (Lipinski definition) is 2. The van der Waals surface area contributed by atoms with E-state index in [0.29, 0.717) is 8.66 Å². The predicted octanol–water partition coefficient (Wildman–Crippen LogP) is 2.94. The third-order valence-corrected chi connectivity index (χ3v) is 5.85. The van der Waals surface area contributed by atoms with Gasteiger partial charge in [-0.25, -0.2) is 12.8 Å². The molecule has 0 saturated heterocycles. The first-order valence-electron chi connectivity index (χ1n) is 5.10. The van der Waals surface area contributed by atoms with Crippen LogP contribution in [0.15, 0.2) is 39.0 Å². The van der Waals surface area contributed by atoms with E-state index in [1.807, 2.05) is 0 Å². The molecule has 0 spiro atoms. The van der Waals surface area contributed by atoms with Crippen molar-refractivity contribution in [1.29, 1.82) is 0 Å². The van der Waals surface area contributed by atoms with Crippen LogP contribution in [0.4, 0.5) is 10.1 Å². The standard InChI is InChI=1S/C11H9BrFNO3S2/c12-11-10(5-9(6-15)18-11)19(16,17)14-8-3-1-2-7(13)4-8/h1-5,14-15H,6H2. The highest BCUT2D eigenvalue weighted by atomic mass is 79.9. The van der Waals surface area contributed by atoms with Gasteiger partial charge in [-0.15, -0.1) is 11.3 Å². The zero-order valence-corrected chi connectivity index (χ0v) is 12.6. The van der Waals surface area contributed by atoms with Crippen LogP contribution in [-0.4, -0.2) is 13.5 Å². The number of benzene rings is 1. The molecule has 102 valence electrons. The van der Waals surface area contributed by atoms with Crippen LogP contribution in [0.5, 0.6) is 0 Å². The lowest BCUT2D eigenvalue weighted by Crippen LogP contribution is -2.12. The lowest BCUT2D eigenvalue weighted by Gasteiger charge is -2.06. The van der Waals surface area contributed by atoms with E-state index in [1.54, 1.807) is 0 Å². The molecule has 0 bridgehead atoms. The molecule has 2 aromatic rings. The summed E-state index contributed by atoms with van der Waals surface area (Å²) in [5, 5.41) is 8.99. The fourth-order valence-corrected chi connectivity index (χ4v) is 5.01. The Bertz CT molecular complexity index is 700. The molecule has 0 atom stereocenters. The monoisotopic (exact) mass is 365 g/mol. The Morgan fingerprint density at radius 1 is 1.37 bits per heavy atom. The second-order valence-corrected chi connectivity index (χ2v) is 7.73. The van der Waals surface area contributed by atoms with Gasteiger partial charge < -0.3 is 5.11 Å². The number of nitrogens with one attached hydrogen (secondary N) is 1. The van der Waals surface area contributed by atoms with Crippen molar-refractivity contribution in [1.82, 2.24) is 0 Å². The van der Waals surface area contributed by atoms with Crippen molar-refractivity contribution in [3.63, 3.8) is 0 Å². The summed E-state index contributed by atoms with van der Waals surface area (Å²) in [5.41, 5.74) is 0.142. The zero-order chi connectivity index (χ0) is 14.0. The van der Waals surface area contributed by atoms with Crippen LogP contribution in [0.25, 0.3) is 0 Å². The summed E-state index contributed by atoms with van der Waals surface area (Å²) in [6.07, 6.45) is 0. The quantitative estimate of drug-likeness (QED) is 0.875. The molecule has 1 aromatic heterocycles. The summed E-state index contributed by atoms with van der Waals surface area (Å²) < 4.78 is 39.9. The van der Waals surface area contributed by atoms with E-state index in [1.165, 1.54) is 24.3 Å². The summed E-state index contributed by atoms with van der Waals surface area (Å²) in [5.74, 6) is -0.527. The van der Waals surface area contributed by atoms with E-state index in [-0.39, 0.29) is 17.2 Å². The lowest BCUT2D eigenvalue weighted by atomic mass is 10.3. The predicted molar refractivity (Wildman–Crippen MR) is 75.2 cm³/mol. The van der Waals surface area contributed by atoms with Crippen LogP contribution < -0.4 is 4.72 Å². The van der Waals surface area contributed by atoms with Crippen LogP contribution in [0, 0.1) is 5.82 Å². The number of hydrogen-bond acceptors (Lipinski definition) is 4. The second-order valence-electron chi connectivity index (χ2n) is 3.62. The first-order chi connectivity index (χ1) is 8.92. The van der Waals surface area contributed by atoms with Crippen LogP contribution in [0.1, 0.15) is 4.88 Å². The average Bonchev–Trinajstić information content (AvgIpc) is 2.71. The van der Waals surface area contributed by atoms with Gasteiger partial charge in [-0.1, -0.05) is 6.07 Å². The molecule has 0 radical (unpaired) electrons. The normalized spacial score (nSPS) is 11.5. The SMILES string of the molecule is O=S(=O)(Nc1cccc(F)c1)c1cc(CO)sc1Br. The molecule has 0 unspecified atom stereocenters. The van der Waals surface area contributed by atoms with E-state index in [4.69, 9.17) is 5.11 Å². The minimum atomic E-state index is -3.81. The number of sulfonamides is 1. The highest BCUT2D eigenvalue weighted by Crippen LogP contribution is 2.32. The molecule has 8 heteroatoms. The van der Waals surface area contributed by atoms with Crippen LogP contribution in [0.2, 0.25) is 0 Å². The molecule has 19 heavy (non-hydrogen) atoms. The average molecular weight is 366 g/mol. The Morgan fingerprint density at radius 3 is 2.68 bits per heavy atom. The van der Waals surface area contributed by atoms with Crippen molar-refractivity contribution in [3.8, 4) is 0 Å². The third-order valence-electron chi connectivity index (χ3n) is 2.23.